The number of anilines is 1. The molecule has 0 unspecified atom stereocenters. The lowest BCUT2D eigenvalue weighted by molar-refractivity contribution is -0.115. The lowest BCUT2D eigenvalue weighted by atomic mass is 10.1. The monoisotopic (exact) mass is 342 g/mol. The van der Waals surface area contributed by atoms with Gasteiger partial charge in [0, 0.05) is 16.6 Å². The first-order valence-electron chi connectivity index (χ1n) is 7.53. The van der Waals surface area contributed by atoms with E-state index in [1.807, 2.05) is 35.9 Å². The van der Waals surface area contributed by atoms with Gasteiger partial charge in [0.15, 0.2) is 0 Å². The van der Waals surface area contributed by atoms with Crippen molar-refractivity contribution in [3.8, 4) is 10.6 Å². The zero-order valence-electron chi connectivity index (χ0n) is 13.1. The molecule has 3 nitrogen and oxygen atoms in total. The molecule has 0 aliphatic heterocycles. The number of hydrogen-bond donors (Lipinski definition) is 1. The number of thiophene rings is 1. The summed E-state index contributed by atoms with van der Waals surface area (Å²) >= 11 is 3.13. The first-order valence-corrected chi connectivity index (χ1v) is 9.29. The number of thiazole rings is 1. The van der Waals surface area contributed by atoms with Gasteiger partial charge in [-0.05, 0) is 35.9 Å². The number of rotatable bonds is 5. The average Bonchev–Trinajstić information content (AvgIpc) is 3.16. The van der Waals surface area contributed by atoms with Gasteiger partial charge >= 0.3 is 0 Å². The van der Waals surface area contributed by atoms with Crippen molar-refractivity contribution in [3.05, 3.63) is 57.9 Å². The molecule has 5 heteroatoms. The van der Waals surface area contributed by atoms with Crippen molar-refractivity contribution in [2.75, 3.05) is 5.32 Å². The van der Waals surface area contributed by atoms with E-state index in [-0.39, 0.29) is 5.91 Å². The molecule has 1 amide bonds. The second-order valence-corrected chi connectivity index (χ2v) is 7.13. The van der Waals surface area contributed by atoms with Gasteiger partial charge in [0.1, 0.15) is 10.0 Å². The second-order valence-electron chi connectivity index (χ2n) is 5.35. The van der Waals surface area contributed by atoms with Crippen LogP contribution in [0.5, 0.6) is 0 Å². The van der Waals surface area contributed by atoms with Crippen molar-refractivity contribution in [2.45, 2.75) is 26.7 Å². The minimum atomic E-state index is 0.00577. The first kappa shape index (κ1) is 15.9. The maximum Gasteiger partial charge on any atom is 0.229 e. The van der Waals surface area contributed by atoms with Gasteiger partial charge in [-0.2, -0.15) is 0 Å². The van der Waals surface area contributed by atoms with Crippen LogP contribution in [0, 0.1) is 6.92 Å². The summed E-state index contributed by atoms with van der Waals surface area (Å²) in [5.41, 5.74) is 4.32. The van der Waals surface area contributed by atoms with Crippen LogP contribution < -0.4 is 5.32 Å². The molecule has 0 spiro atoms. The van der Waals surface area contributed by atoms with Crippen molar-refractivity contribution >= 4 is 33.6 Å². The summed E-state index contributed by atoms with van der Waals surface area (Å²) < 4.78 is 0. The zero-order chi connectivity index (χ0) is 16.2. The number of benzene rings is 1. The highest BCUT2D eigenvalue weighted by molar-refractivity contribution is 7.17. The van der Waals surface area contributed by atoms with Crippen molar-refractivity contribution in [3.63, 3.8) is 0 Å². The van der Waals surface area contributed by atoms with Gasteiger partial charge in [0.25, 0.3) is 0 Å². The third kappa shape index (κ3) is 3.86. The van der Waals surface area contributed by atoms with E-state index in [2.05, 4.69) is 29.4 Å². The van der Waals surface area contributed by atoms with E-state index in [0.29, 0.717) is 6.42 Å². The van der Waals surface area contributed by atoms with E-state index in [9.17, 15) is 4.79 Å². The van der Waals surface area contributed by atoms with E-state index >= 15 is 0 Å². The normalized spacial score (nSPS) is 10.7. The van der Waals surface area contributed by atoms with E-state index < -0.39 is 0 Å². The lowest BCUT2D eigenvalue weighted by Crippen LogP contribution is -2.14. The molecule has 23 heavy (non-hydrogen) atoms. The molecule has 0 saturated heterocycles. The van der Waals surface area contributed by atoms with Crippen LogP contribution in [0.3, 0.4) is 0 Å². The fourth-order valence-electron chi connectivity index (χ4n) is 2.30. The summed E-state index contributed by atoms with van der Waals surface area (Å²) in [4.78, 5) is 16.8. The van der Waals surface area contributed by atoms with Crippen LogP contribution in [0.1, 0.15) is 23.7 Å². The molecule has 0 aliphatic carbocycles. The summed E-state index contributed by atoms with van der Waals surface area (Å²) in [7, 11) is 0. The van der Waals surface area contributed by atoms with Crippen LogP contribution >= 0.6 is 22.7 Å². The summed E-state index contributed by atoms with van der Waals surface area (Å²) in [6.07, 6.45) is 1.40. The van der Waals surface area contributed by atoms with Crippen molar-refractivity contribution in [2.24, 2.45) is 0 Å². The Morgan fingerprint density at radius 2 is 1.87 bits per heavy atom. The molecule has 3 rings (SSSR count). The third-order valence-electron chi connectivity index (χ3n) is 3.56. The molecule has 118 valence electrons. The highest BCUT2D eigenvalue weighted by Gasteiger charge is 2.13. The van der Waals surface area contributed by atoms with Crippen LogP contribution in [0.25, 0.3) is 10.6 Å². The van der Waals surface area contributed by atoms with E-state index in [1.165, 1.54) is 16.9 Å². The molecular weight excluding hydrogens is 324 g/mol. The Kier molecular flexibility index (Phi) is 4.88. The third-order valence-corrected chi connectivity index (χ3v) is 5.39. The van der Waals surface area contributed by atoms with Gasteiger partial charge in [-0.15, -0.1) is 22.7 Å². The minimum Gasteiger partial charge on any atom is -0.317 e. The molecule has 2 heterocycles. The fraction of sp³-hybridized carbons (Fsp3) is 0.222. The lowest BCUT2D eigenvalue weighted by Gasteiger charge is -2.06. The Hall–Kier alpha value is -1.98. The van der Waals surface area contributed by atoms with Crippen molar-refractivity contribution < 1.29 is 4.79 Å². The molecule has 0 aliphatic rings. The predicted octanol–water partition coefficient (Wildman–Crippen LogP) is 4.92. The number of hydrogen-bond acceptors (Lipinski definition) is 4. The zero-order valence-corrected chi connectivity index (χ0v) is 14.8. The Morgan fingerprint density at radius 1 is 1.13 bits per heavy atom. The molecule has 0 bridgehead atoms. The molecule has 1 aromatic carbocycles. The highest BCUT2D eigenvalue weighted by Crippen LogP contribution is 2.35. The standard InChI is InChI=1S/C18H18N2OS2/c1-3-13-4-6-14(7-5-13)10-16(21)20-18-15(8-9-22-18)17-19-12(2)11-23-17/h4-9,11H,3,10H2,1-2H3,(H,20,21). The fourth-order valence-corrected chi connectivity index (χ4v) is 4.00. The summed E-state index contributed by atoms with van der Waals surface area (Å²) in [5, 5.41) is 8.85. The minimum absolute atomic E-state index is 0.00577. The number of aryl methyl sites for hydroxylation is 2. The molecule has 0 radical (unpaired) electrons. The van der Waals surface area contributed by atoms with Crippen molar-refractivity contribution in [1.82, 2.24) is 4.98 Å². The van der Waals surface area contributed by atoms with Crippen molar-refractivity contribution in [1.29, 1.82) is 0 Å². The van der Waals surface area contributed by atoms with Gasteiger partial charge < -0.3 is 5.32 Å². The summed E-state index contributed by atoms with van der Waals surface area (Å²) in [6, 6.07) is 10.2. The van der Waals surface area contributed by atoms with Crippen LogP contribution in [0.4, 0.5) is 5.00 Å². The maximum absolute atomic E-state index is 12.3. The number of carbonyl (C=O) groups is 1. The number of aromatic nitrogens is 1. The van der Waals surface area contributed by atoms with E-state index in [0.717, 1.165) is 33.3 Å². The molecule has 2 aromatic heterocycles. The first-order chi connectivity index (χ1) is 11.2. The van der Waals surface area contributed by atoms with E-state index in [1.54, 1.807) is 11.3 Å². The van der Waals surface area contributed by atoms with E-state index in [4.69, 9.17) is 0 Å². The summed E-state index contributed by atoms with van der Waals surface area (Å²) in [5.74, 6) is 0.00577. The van der Waals surface area contributed by atoms with Gasteiger partial charge in [-0.3, -0.25) is 4.79 Å². The van der Waals surface area contributed by atoms with Crippen LogP contribution in [-0.4, -0.2) is 10.9 Å². The number of nitrogens with zero attached hydrogens (tertiary/aromatic N) is 1. The summed E-state index contributed by atoms with van der Waals surface area (Å²) in [6.45, 7) is 4.10. The van der Waals surface area contributed by atoms with Gasteiger partial charge in [-0.1, -0.05) is 31.2 Å². The maximum atomic E-state index is 12.3. The molecule has 3 aromatic rings. The number of carbonyl (C=O) groups excluding carboxylic acids is 1. The van der Waals surface area contributed by atoms with Gasteiger partial charge in [-0.25, -0.2) is 4.98 Å². The predicted molar refractivity (Wildman–Crippen MR) is 98.3 cm³/mol. The molecule has 0 saturated carbocycles. The second kappa shape index (κ2) is 7.06. The number of nitrogens with one attached hydrogen (secondary N) is 1. The smallest absolute Gasteiger partial charge is 0.229 e. The molecular formula is C18H18N2OS2. The van der Waals surface area contributed by atoms with Gasteiger partial charge in [0.05, 0.1) is 6.42 Å². The Bertz CT molecular complexity index is 803. The van der Waals surface area contributed by atoms with Crippen LogP contribution in [-0.2, 0) is 17.6 Å². The van der Waals surface area contributed by atoms with Crippen LogP contribution in [0.15, 0.2) is 41.1 Å². The Balaban J connectivity index is 1.69. The Labute approximate surface area is 144 Å². The largest absolute Gasteiger partial charge is 0.317 e. The topological polar surface area (TPSA) is 42.0 Å². The van der Waals surface area contributed by atoms with Gasteiger partial charge in [0.2, 0.25) is 5.91 Å². The SMILES string of the molecule is CCc1ccc(CC(=O)Nc2sccc2-c2nc(C)cs2)cc1. The molecule has 0 atom stereocenters. The molecule has 0 fully saturated rings. The quantitative estimate of drug-likeness (QED) is 0.715. The molecule has 1 N–H and O–H groups in total. The Morgan fingerprint density at radius 3 is 2.52 bits per heavy atom. The average molecular weight is 342 g/mol. The van der Waals surface area contributed by atoms with Crippen LogP contribution in [0.2, 0.25) is 0 Å². The number of amides is 1. The highest BCUT2D eigenvalue weighted by atomic mass is 32.1.